The highest BCUT2D eigenvalue weighted by Gasteiger charge is 2.26. The molecule has 1 N–H and O–H groups in total. The highest BCUT2D eigenvalue weighted by atomic mass is 35.5. The minimum atomic E-state index is -4.11. The van der Waals surface area contributed by atoms with Crippen LogP contribution in [0.3, 0.4) is 0 Å². The average molecular weight is 376 g/mol. The Hall–Kier alpha value is -1.11. The molecule has 0 aliphatic carbocycles. The summed E-state index contributed by atoms with van der Waals surface area (Å²) in [5.74, 6) is 0. The Bertz CT molecular complexity index is 602. The maximum atomic E-state index is 12.0. The van der Waals surface area contributed by atoms with E-state index in [0.717, 1.165) is 24.8 Å². The summed E-state index contributed by atoms with van der Waals surface area (Å²) in [5.41, 5.74) is 0.933. The molecule has 1 rings (SSSR count). The van der Waals surface area contributed by atoms with E-state index in [1.165, 1.54) is 0 Å². The zero-order valence-electron chi connectivity index (χ0n) is 14.3. The Morgan fingerprint density at radius 3 is 2.42 bits per heavy atom. The van der Waals surface area contributed by atoms with Gasteiger partial charge in [0.1, 0.15) is 6.10 Å². The molecule has 0 radical (unpaired) electrons. The lowest BCUT2D eigenvalue weighted by Gasteiger charge is -2.17. The van der Waals surface area contributed by atoms with Crippen LogP contribution in [-0.2, 0) is 21.2 Å². The Kier molecular flexibility index (Phi) is 9.33. The van der Waals surface area contributed by atoms with Gasteiger partial charge in [-0.3, -0.25) is 0 Å². The van der Waals surface area contributed by atoms with Gasteiger partial charge in [0.05, 0.1) is 0 Å². The first-order valence-electron chi connectivity index (χ1n) is 8.33. The highest BCUT2D eigenvalue weighted by Crippen LogP contribution is 2.13. The summed E-state index contributed by atoms with van der Waals surface area (Å²) in [6, 6.07) is 7.11. The molecule has 0 spiro atoms. The molecule has 0 aromatic heterocycles. The van der Waals surface area contributed by atoms with Crippen molar-refractivity contribution in [3.8, 4) is 0 Å². The Labute approximate surface area is 149 Å². The summed E-state index contributed by atoms with van der Waals surface area (Å²) in [6.07, 6.45) is 4.22. The number of sulfonamides is 1. The number of carbonyl (C=O) groups is 1. The predicted octanol–water partition coefficient (Wildman–Crippen LogP) is 4.30. The van der Waals surface area contributed by atoms with Gasteiger partial charge in [0, 0.05) is 11.6 Å². The summed E-state index contributed by atoms with van der Waals surface area (Å²) in [4.78, 5) is 11.9. The van der Waals surface area contributed by atoms with E-state index in [1.54, 1.807) is 12.1 Å². The Morgan fingerprint density at radius 2 is 1.83 bits per heavy atom. The van der Waals surface area contributed by atoms with E-state index in [2.05, 4.69) is 4.72 Å². The van der Waals surface area contributed by atoms with Crippen LogP contribution in [0.25, 0.3) is 0 Å². The van der Waals surface area contributed by atoms with Gasteiger partial charge in [0.15, 0.2) is 0 Å². The van der Waals surface area contributed by atoms with Crippen molar-refractivity contribution in [1.29, 1.82) is 0 Å². The van der Waals surface area contributed by atoms with Gasteiger partial charge in [0.25, 0.3) is 0 Å². The molecule has 1 aromatic rings. The molecule has 7 heteroatoms. The number of hydrogen-bond donors (Lipinski definition) is 1. The van der Waals surface area contributed by atoms with Crippen molar-refractivity contribution in [2.75, 3.05) is 6.54 Å². The van der Waals surface area contributed by atoms with Crippen LogP contribution in [0, 0.1) is 0 Å². The van der Waals surface area contributed by atoms with Crippen molar-refractivity contribution >= 4 is 26.9 Å². The Balaban J connectivity index is 2.49. The summed E-state index contributed by atoms with van der Waals surface area (Å²) in [6.45, 7) is 4.15. The number of hydrogen-bond acceptors (Lipinski definition) is 4. The molecule has 0 saturated carbocycles. The molecule has 0 fully saturated rings. The van der Waals surface area contributed by atoms with Crippen molar-refractivity contribution in [1.82, 2.24) is 4.72 Å². The fourth-order valence-electron chi connectivity index (χ4n) is 2.26. The second kappa shape index (κ2) is 10.7. The van der Waals surface area contributed by atoms with Crippen LogP contribution in [0.2, 0.25) is 5.02 Å². The lowest BCUT2D eigenvalue weighted by Crippen LogP contribution is -2.35. The minimum absolute atomic E-state index is 0.131. The predicted molar refractivity (Wildman–Crippen MR) is 96.8 cm³/mol. The summed E-state index contributed by atoms with van der Waals surface area (Å²) < 4.78 is 31.4. The van der Waals surface area contributed by atoms with E-state index >= 15 is 0 Å². The van der Waals surface area contributed by atoms with Crippen LogP contribution < -0.4 is 4.72 Å². The number of carbonyl (C=O) groups excluding carboxylic acids is 1. The van der Waals surface area contributed by atoms with Crippen molar-refractivity contribution in [3.05, 3.63) is 34.9 Å². The third-order valence-electron chi connectivity index (χ3n) is 3.59. The van der Waals surface area contributed by atoms with E-state index in [0.29, 0.717) is 24.3 Å². The second-order valence-corrected chi connectivity index (χ2v) is 7.76. The highest BCUT2D eigenvalue weighted by molar-refractivity contribution is 8.04. The van der Waals surface area contributed by atoms with E-state index < -0.39 is 15.3 Å². The molecule has 1 unspecified atom stereocenters. The molecule has 136 valence electrons. The molecule has 24 heavy (non-hydrogen) atoms. The zero-order chi connectivity index (χ0) is 18.0. The molecular formula is C17H26ClNO4S. The van der Waals surface area contributed by atoms with Crippen LogP contribution in [0.5, 0.6) is 0 Å². The van der Waals surface area contributed by atoms with E-state index in [-0.39, 0.29) is 12.6 Å². The van der Waals surface area contributed by atoms with Gasteiger partial charge in [0.2, 0.25) is 0 Å². The normalized spacial score (nSPS) is 12.8. The van der Waals surface area contributed by atoms with Crippen LogP contribution in [0.1, 0.15) is 51.5 Å². The summed E-state index contributed by atoms with van der Waals surface area (Å²) in [5, 5.41) is -0.565. The van der Waals surface area contributed by atoms with Gasteiger partial charge < -0.3 is 4.74 Å². The van der Waals surface area contributed by atoms with Crippen LogP contribution in [0.15, 0.2) is 24.3 Å². The van der Waals surface area contributed by atoms with E-state index in [1.807, 2.05) is 26.0 Å². The summed E-state index contributed by atoms with van der Waals surface area (Å²) >= 11 is 5.80. The number of benzene rings is 1. The quantitative estimate of drug-likeness (QED) is 0.619. The van der Waals surface area contributed by atoms with Gasteiger partial charge in [-0.15, -0.1) is 0 Å². The van der Waals surface area contributed by atoms with Gasteiger partial charge in [-0.05, 0) is 37.0 Å². The van der Waals surface area contributed by atoms with Gasteiger partial charge in [-0.2, -0.15) is 0 Å². The van der Waals surface area contributed by atoms with Gasteiger partial charge >= 0.3 is 15.3 Å². The minimum Gasteiger partial charge on any atom is -0.450 e. The van der Waals surface area contributed by atoms with E-state index in [4.69, 9.17) is 16.3 Å². The average Bonchev–Trinajstić information content (AvgIpc) is 2.54. The third-order valence-corrected chi connectivity index (χ3v) is 4.96. The fourth-order valence-corrected chi connectivity index (χ4v) is 3.13. The van der Waals surface area contributed by atoms with Crippen molar-refractivity contribution in [2.24, 2.45) is 0 Å². The van der Waals surface area contributed by atoms with Crippen molar-refractivity contribution < 1.29 is 17.9 Å². The molecule has 0 heterocycles. The third kappa shape index (κ3) is 7.64. The van der Waals surface area contributed by atoms with Crippen molar-refractivity contribution in [3.63, 3.8) is 0 Å². The largest absolute Gasteiger partial charge is 0.450 e. The molecule has 5 nitrogen and oxygen atoms in total. The van der Waals surface area contributed by atoms with Gasteiger partial charge in [-0.1, -0.05) is 56.8 Å². The fraction of sp³-hybridized carbons (Fsp3) is 0.588. The molecule has 0 saturated heterocycles. The maximum Gasteiger partial charge on any atom is 0.439 e. The lowest BCUT2D eigenvalue weighted by molar-refractivity contribution is 0.106. The van der Waals surface area contributed by atoms with Crippen LogP contribution in [0.4, 0.5) is 4.79 Å². The molecule has 1 atom stereocenters. The topological polar surface area (TPSA) is 72.5 Å². The number of halogens is 1. The van der Waals surface area contributed by atoms with Crippen LogP contribution >= 0.6 is 11.6 Å². The van der Waals surface area contributed by atoms with Crippen LogP contribution in [-0.4, -0.2) is 26.4 Å². The Morgan fingerprint density at radius 1 is 1.17 bits per heavy atom. The molecule has 0 aliphatic heterocycles. The van der Waals surface area contributed by atoms with Gasteiger partial charge in [-0.25, -0.2) is 17.9 Å². The number of nitrogens with one attached hydrogen (secondary N) is 1. The monoisotopic (exact) mass is 375 g/mol. The summed E-state index contributed by atoms with van der Waals surface area (Å²) in [7, 11) is -4.11. The zero-order valence-corrected chi connectivity index (χ0v) is 15.8. The standard InChI is InChI=1S/C17H26ClNO4S/c1-3-5-7-16(6-4-2)23-17(20)24(21,22)19-13-12-14-8-10-15(18)11-9-14/h8-11,16,19H,3-7,12-13H2,1-2H3. The molecule has 0 bridgehead atoms. The smallest absolute Gasteiger partial charge is 0.439 e. The number of unbranched alkanes of at least 4 members (excludes halogenated alkanes) is 1. The molecular weight excluding hydrogens is 350 g/mol. The lowest BCUT2D eigenvalue weighted by atomic mass is 10.1. The SMILES string of the molecule is CCCCC(CCC)OC(=O)S(=O)(=O)NCCc1ccc(Cl)cc1. The first-order valence-corrected chi connectivity index (χ1v) is 10.2. The second-order valence-electron chi connectivity index (χ2n) is 5.70. The maximum absolute atomic E-state index is 12.0. The molecule has 0 aliphatic rings. The number of rotatable bonds is 10. The first-order chi connectivity index (χ1) is 11.4. The first kappa shape index (κ1) is 20.9. The van der Waals surface area contributed by atoms with E-state index in [9.17, 15) is 13.2 Å². The number of ether oxygens (including phenoxy) is 1. The molecule has 0 amide bonds. The van der Waals surface area contributed by atoms with Crippen molar-refractivity contribution in [2.45, 2.75) is 58.5 Å². The molecule has 1 aromatic carbocycles.